The summed E-state index contributed by atoms with van der Waals surface area (Å²) < 4.78 is 2.18. The molecule has 0 atom stereocenters. The molecule has 0 fully saturated rings. The Hall–Kier alpha value is -2.01. The van der Waals surface area contributed by atoms with Gasteiger partial charge in [0.05, 0.1) is 11.2 Å². The van der Waals surface area contributed by atoms with Gasteiger partial charge in [0.15, 0.2) is 0 Å². The van der Waals surface area contributed by atoms with Gasteiger partial charge in [0.1, 0.15) is 5.82 Å². The fraction of sp³-hybridized carbons (Fsp3) is 0.214. The molecule has 0 unspecified atom stereocenters. The van der Waals surface area contributed by atoms with E-state index in [0.717, 1.165) is 30.0 Å². The second kappa shape index (κ2) is 5.32. The highest BCUT2D eigenvalue weighted by atomic mass is 32.1. The summed E-state index contributed by atoms with van der Waals surface area (Å²) in [5, 5.41) is 0. The van der Waals surface area contributed by atoms with Crippen molar-refractivity contribution < 1.29 is 0 Å². The van der Waals surface area contributed by atoms with Crippen molar-refractivity contribution in [1.82, 2.24) is 19.5 Å². The summed E-state index contributed by atoms with van der Waals surface area (Å²) in [6, 6.07) is 3.97. The Morgan fingerprint density at radius 2 is 2.00 bits per heavy atom. The summed E-state index contributed by atoms with van der Waals surface area (Å²) >= 11 is 1.72. The molecule has 0 radical (unpaired) electrons. The molecule has 3 rings (SSSR count). The molecule has 0 saturated carbocycles. The molecule has 5 heteroatoms. The zero-order chi connectivity index (χ0) is 13.1. The van der Waals surface area contributed by atoms with Crippen LogP contribution in [0.3, 0.4) is 0 Å². The third-order valence-corrected chi connectivity index (χ3v) is 4.07. The lowest BCUT2D eigenvalue weighted by molar-refractivity contribution is 0.706. The van der Waals surface area contributed by atoms with Crippen molar-refractivity contribution >= 4 is 11.3 Å². The predicted octanol–water partition coefficient (Wildman–Crippen LogP) is 2.95. The number of nitrogens with zero attached hydrogens (tertiary/aromatic N) is 4. The lowest BCUT2D eigenvalue weighted by atomic mass is 10.2. The molecular formula is C14H14N4S. The number of hydrogen-bond donors (Lipinski definition) is 0. The van der Waals surface area contributed by atoms with Crippen LogP contribution in [-0.4, -0.2) is 19.5 Å². The smallest absolute Gasteiger partial charge is 0.139 e. The van der Waals surface area contributed by atoms with Crippen molar-refractivity contribution in [3.63, 3.8) is 0 Å². The summed E-state index contributed by atoms with van der Waals surface area (Å²) in [6.45, 7) is 2.98. The van der Waals surface area contributed by atoms with E-state index in [1.807, 2.05) is 30.0 Å². The maximum Gasteiger partial charge on any atom is 0.139 e. The predicted molar refractivity (Wildman–Crippen MR) is 76.0 cm³/mol. The molecule has 0 aromatic carbocycles. The quantitative estimate of drug-likeness (QED) is 0.732. The molecule has 0 saturated heterocycles. The highest BCUT2D eigenvalue weighted by Gasteiger charge is 2.07. The first-order chi connectivity index (χ1) is 9.34. The van der Waals surface area contributed by atoms with Gasteiger partial charge < -0.3 is 4.57 Å². The van der Waals surface area contributed by atoms with Crippen LogP contribution in [0.4, 0.5) is 0 Å². The highest BCUT2D eigenvalue weighted by Crippen LogP contribution is 2.18. The summed E-state index contributed by atoms with van der Waals surface area (Å²) in [7, 11) is 0. The monoisotopic (exact) mass is 270 g/mol. The number of hydrogen-bond acceptors (Lipinski definition) is 4. The van der Waals surface area contributed by atoms with E-state index >= 15 is 0 Å². The van der Waals surface area contributed by atoms with Crippen molar-refractivity contribution in [2.24, 2.45) is 0 Å². The van der Waals surface area contributed by atoms with Crippen molar-refractivity contribution in [2.75, 3.05) is 0 Å². The van der Waals surface area contributed by atoms with E-state index in [-0.39, 0.29) is 0 Å². The molecular weight excluding hydrogens is 256 g/mol. The molecule has 96 valence electrons. The lowest BCUT2D eigenvalue weighted by Gasteiger charge is -2.07. The molecule has 19 heavy (non-hydrogen) atoms. The van der Waals surface area contributed by atoms with Crippen LogP contribution in [0.1, 0.15) is 10.6 Å². The van der Waals surface area contributed by atoms with Crippen LogP contribution < -0.4 is 0 Å². The van der Waals surface area contributed by atoms with Gasteiger partial charge in [0, 0.05) is 48.2 Å². The Morgan fingerprint density at radius 1 is 1.16 bits per heavy atom. The molecule has 0 aliphatic rings. The van der Waals surface area contributed by atoms with Gasteiger partial charge in [-0.05, 0) is 19.1 Å². The molecule has 0 aliphatic heterocycles. The van der Waals surface area contributed by atoms with E-state index in [1.54, 1.807) is 23.7 Å². The molecule has 3 aromatic rings. The van der Waals surface area contributed by atoms with Crippen LogP contribution in [0.5, 0.6) is 0 Å². The number of imidazole rings is 1. The number of aryl methyl sites for hydroxylation is 3. The summed E-state index contributed by atoms with van der Waals surface area (Å²) in [6.07, 6.45) is 8.44. The minimum atomic E-state index is 0.917. The van der Waals surface area contributed by atoms with E-state index in [4.69, 9.17) is 0 Å². The van der Waals surface area contributed by atoms with Crippen LogP contribution in [0, 0.1) is 6.92 Å². The van der Waals surface area contributed by atoms with Gasteiger partial charge >= 0.3 is 0 Å². The van der Waals surface area contributed by atoms with Crippen LogP contribution in [-0.2, 0) is 13.0 Å². The Bertz CT molecular complexity index is 657. The van der Waals surface area contributed by atoms with Crippen molar-refractivity contribution in [2.45, 2.75) is 19.9 Å². The van der Waals surface area contributed by atoms with Crippen molar-refractivity contribution in [3.05, 3.63) is 53.0 Å². The standard InChI is InChI=1S/C14H14N4S/c1-11-13(19-10-17-11)4-8-18-9-7-16-14(18)12-2-5-15-6-3-12/h2-3,5-7,9-10H,4,8H2,1H3. The van der Waals surface area contributed by atoms with E-state index in [2.05, 4.69) is 26.4 Å². The fourth-order valence-corrected chi connectivity index (χ4v) is 2.81. The normalized spacial score (nSPS) is 10.8. The van der Waals surface area contributed by atoms with Gasteiger partial charge in [-0.25, -0.2) is 9.97 Å². The maximum atomic E-state index is 4.43. The van der Waals surface area contributed by atoms with Crippen LogP contribution in [0.15, 0.2) is 42.4 Å². The number of aromatic nitrogens is 4. The molecule has 0 bridgehead atoms. The maximum absolute atomic E-state index is 4.43. The second-order valence-electron chi connectivity index (χ2n) is 4.29. The van der Waals surface area contributed by atoms with E-state index in [0.29, 0.717) is 0 Å². The Balaban J connectivity index is 1.80. The summed E-state index contributed by atoms with van der Waals surface area (Å²) in [5.41, 5.74) is 4.14. The van der Waals surface area contributed by atoms with E-state index < -0.39 is 0 Å². The molecule has 3 aromatic heterocycles. The van der Waals surface area contributed by atoms with E-state index in [9.17, 15) is 0 Å². The molecule has 3 heterocycles. The first-order valence-electron chi connectivity index (χ1n) is 6.15. The van der Waals surface area contributed by atoms with Crippen molar-refractivity contribution in [3.8, 4) is 11.4 Å². The van der Waals surface area contributed by atoms with E-state index in [1.165, 1.54) is 4.88 Å². The first kappa shape index (κ1) is 12.0. The Labute approximate surface area is 115 Å². The summed E-state index contributed by atoms with van der Waals surface area (Å²) in [4.78, 5) is 14.1. The minimum absolute atomic E-state index is 0.917. The molecule has 0 spiro atoms. The van der Waals surface area contributed by atoms with Crippen molar-refractivity contribution in [1.29, 1.82) is 0 Å². The van der Waals surface area contributed by atoms with Gasteiger partial charge in [-0.3, -0.25) is 4.98 Å². The zero-order valence-corrected chi connectivity index (χ0v) is 11.5. The number of pyridine rings is 1. The topological polar surface area (TPSA) is 43.6 Å². The highest BCUT2D eigenvalue weighted by molar-refractivity contribution is 7.09. The third-order valence-electron chi connectivity index (χ3n) is 3.08. The molecule has 4 nitrogen and oxygen atoms in total. The fourth-order valence-electron chi connectivity index (χ4n) is 2.04. The zero-order valence-electron chi connectivity index (χ0n) is 10.7. The second-order valence-corrected chi connectivity index (χ2v) is 5.23. The van der Waals surface area contributed by atoms with Crippen LogP contribution in [0.2, 0.25) is 0 Å². The molecule has 0 amide bonds. The third kappa shape index (κ3) is 2.56. The van der Waals surface area contributed by atoms with Gasteiger partial charge in [-0.1, -0.05) is 0 Å². The van der Waals surface area contributed by atoms with Gasteiger partial charge in [-0.15, -0.1) is 11.3 Å². The largest absolute Gasteiger partial charge is 0.331 e. The molecule has 0 N–H and O–H groups in total. The Kier molecular flexibility index (Phi) is 3.37. The first-order valence-corrected chi connectivity index (χ1v) is 7.03. The average Bonchev–Trinajstić information content (AvgIpc) is 3.06. The lowest BCUT2D eigenvalue weighted by Crippen LogP contribution is -2.02. The SMILES string of the molecule is Cc1ncsc1CCn1ccnc1-c1ccncc1. The number of thiazole rings is 1. The van der Waals surface area contributed by atoms with Crippen LogP contribution >= 0.6 is 11.3 Å². The molecule has 0 aliphatic carbocycles. The summed E-state index contributed by atoms with van der Waals surface area (Å²) in [5.74, 6) is 0.990. The Morgan fingerprint density at radius 3 is 2.74 bits per heavy atom. The number of rotatable bonds is 4. The minimum Gasteiger partial charge on any atom is -0.331 e. The van der Waals surface area contributed by atoms with Gasteiger partial charge in [0.25, 0.3) is 0 Å². The average molecular weight is 270 g/mol. The van der Waals surface area contributed by atoms with Gasteiger partial charge in [0.2, 0.25) is 0 Å². The van der Waals surface area contributed by atoms with Gasteiger partial charge in [-0.2, -0.15) is 0 Å². The van der Waals surface area contributed by atoms with Crippen LogP contribution in [0.25, 0.3) is 11.4 Å².